The summed E-state index contributed by atoms with van der Waals surface area (Å²) in [6.07, 6.45) is 12.7. The molecule has 0 saturated heterocycles. The molecule has 0 heterocycles. The van der Waals surface area contributed by atoms with Crippen LogP contribution in [0.2, 0.25) is 0 Å². The summed E-state index contributed by atoms with van der Waals surface area (Å²) in [5.74, 6) is 8.90. The first-order valence-corrected chi connectivity index (χ1v) is 12.9. The first-order chi connectivity index (χ1) is 13.2. The summed E-state index contributed by atoms with van der Waals surface area (Å²) in [6, 6.07) is 0. The fourth-order valence-corrected chi connectivity index (χ4v) is 7.18. The Kier molecular flexibility index (Phi) is 9.15. The van der Waals surface area contributed by atoms with Gasteiger partial charge in [0.2, 0.25) is 0 Å². The molecule has 2 saturated carbocycles. The molecule has 2 aliphatic rings. The van der Waals surface area contributed by atoms with Crippen LogP contribution in [0.5, 0.6) is 0 Å². The summed E-state index contributed by atoms with van der Waals surface area (Å²) < 4.78 is 0. The first kappa shape index (κ1) is 24.0. The van der Waals surface area contributed by atoms with Crippen LogP contribution >= 0.6 is 0 Å². The Bertz CT molecular complexity index is 482. The minimum atomic E-state index is 0.757. The number of hydrogen-bond donors (Lipinski definition) is 0. The van der Waals surface area contributed by atoms with Gasteiger partial charge in [0.1, 0.15) is 0 Å². The molecule has 164 valence electrons. The monoisotopic (exact) mass is 388 g/mol. The summed E-state index contributed by atoms with van der Waals surface area (Å²) in [4.78, 5) is 0. The lowest BCUT2D eigenvalue weighted by Crippen LogP contribution is -2.37. The lowest BCUT2D eigenvalue weighted by molar-refractivity contribution is 0.0542. The molecular weight excluding hydrogens is 336 g/mol. The zero-order chi connectivity index (χ0) is 21.0. The smallest absolute Gasteiger partial charge is 0.0180 e. The standard InChI is InChI=1S/C28H52/c1-10-12-24(19(5)6)22(11-2)15-21(9)27-16-23(18(3)4)17-28-25(20(7)8)13-14-26(27)28/h15,18-21,23-28H,10-14,16-17H2,1-9H3. The van der Waals surface area contributed by atoms with Crippen LogP contribution in [0, 0.1) is 59.2 Å². The lowest BCUT2D eigenvalue weighted by atomic mass is 9.60. The second-order valence-corrected chi connectivity index (χ2v) is 11.5. The zero-order valence-electron chi connectivity index (χ0n) is 20.8. The van der Waals surface area contributed by atoms with Crippen LogP contribution in [0.15, 0.2) is 11.6 Å². The van der Waals surface area contributed by atoms with E-state index < -0.39 is 0 Å². The van der Waals surface area contributed by atoms with E-state index in [9.17, 15) is 0 Å². The van der Waals surface area contributed by atoms with Crippen molar-refractivity contribution in [3.8, 4) is 0 Å². The first-order valence-electron chi connectivity index (χ1n) is 12.9. The van der Waals surface area contributed by atoms with Crippen molar-refractivity contribution in [1.82, 2.24) is 0 Å². The van der Waals surface area contributed by atoms with Gasteiger partial charge in [-0.25, -0.2) is 0 Å². The van der Waals surface area contributed by atoms with Crippen LogP contribution < -0.4 is 0 Å². The van der Waals surface area contributed by atoms with E-state index in [1.54, 1.807) is 5.57 Å². The minimum Gasteiger partial charge on any atom is -0.0819 e. The van der Waals surface area contributed by atoms with Gasteiger partial charge < -0.3 is 0 Å². The molecule has 28 heavy (non-hydrogen) atoms. The van der Waals surface area contributed by atoms with Crippen molar-refractivity contribution >= 4 is 0 Å². The summed E-state index contributed by atoms with van der Waals surface area (Å²) in [5.41, 5.74) is 1.77. The van der Waals surface area contributed by atoms with Crippen LogP contribution in [-0.4, -0.2) is 0 Å². The SMILES string of the molecule is CCCC(C(=CC(C)C1CC(C(C)C)CC2C(C(C)C)CCC12)CC)C(C)C. The average molecular weight is 389 g/mol. The predicted molar refractivity (Wildman–Crippen MR) is 126 cm³/mol. The maximum Gasteiger partial charge on any atom is -0.0180 e. The number of fused-ring (bicyclic) bond motifs is 1. The van der Waals surface area contributed by atoms with Gasteiger partial charge in [0.25, 0.3) is 0 Å². The van der Waals surface area contributed by atoms with Gasteiger partial charge in [-0.05, 0) is 97.7 Å². The molecule has 0 radical (unpaired) electrons. The highest BCUT2D eigenvalue weighted by molar-refractivity contribution is 5.11. The summed E-state index contributed by atoms with van der Waals surface area (Å²) >= 11 is 0. The molecule has 0 bridgehead atoms. The Morgan fingerprint density at radius 1 is 0.821 bits per heavy atom. The van der Waals surface area contributed by atoms with Gasteiger partial charge in [-0.3, -0.25) is 0 Å². The topological polar surface area (TPSA) is 0 Å². The van der Waals surface area contributed by atoms with Crippen LogP contribution in [0.3, 0.4) is 0 Å². The van der Waals surface area contributed by atoms with Crippen molar-refractivity contribution in [1.29, 1.82) is 0 Å². The fraction of sp³-hybridized carbons (Fsp3) is 0.929. The molecule has 2 rings (SSSR count). The lowest BCUT2D eigenvalue weighted by Gasteiger charge is -2.45. The van der Waals surface area contributed by atoms with E-state index >= 15 is 0 Å². The number of rotatable bonds is 9. The highest BCUT2D eigenvalue weighted by Gasteiger charge is 2.47. The van der Waals surface area contributed by atoms with Crippen LogP contribution in [-0.2, 0) is 0 Å². The van der Waals surface area contributed by atoms with E-state index in [0.717, 1.165) is 59.2 Å². The molecule has 0 aromatic carbocycles. The van der Waals surface area contributed by atoms with Crippen molar-refractivity contribution in [3.05, 3.63) is 11.6 Å². The second kappa shape index (κ2) is 10.7. The summed E-state index contributed by atoms with van der Waals surface area (Å²) in [7, 11) is 0. The Morgan fingerprint density at radius 2 is 1.50 bits per heavy atom. The third-order valence-electron chi connectivity index (χ3n) is 8.87. The molecule has 0 aromatic heterocycles. The molecule has 2 aliphatic carbocycles. The minimum absolute atomic E-state index is 0.757. The highest BCUT2D eigenvalue weighted by Crippen LogP contribution is 2.55. The zero-order valence-corrected chi connectivity index (χ0v) is 20.8. The van der Waals surface area contributed by atoms with Gasteiger partial charge in [0.15, 0.2) is 0 Å². The molecule has 0 N–H and O–H groups in total. The number of hydrogen-bond acceptors (Lipinski definition) is 0. The highest BCUT2D eigenvalue weighted by atomic mass is 14.5. The summed E-state index contributed by atoms with van der Waals surface area (Å²) in [5, 5.41) is 0. The third kappa shape index (κ3) is 5.46. The van der Waals surface area contributed by atoms with Crippen LogP contribution in [0.4, 0.5) is 0 Å². The Morgan fingerprint density at radius 3 is 2.00 bits per heavy atom. The van der Waals surface area contributed by atoms with Crippen molar-refractivity contribution in [2.75, 3.05) is 0 Å². The third-order valence-corrected chi connectivity index (χ3v) is 8.87. The van der Waals surface area contributed by atoms with E-state index in [2.05, 4.69) is 68.4 Å². The molecule has 2 fully saturated rings. The predicted octanol–water partition coefficient (Wildman–Crippen LogP) is 9.01. The Hall–Kier alpha value is -0.260. The Balaban J connectivity index is 2.26. The molecule has 0 spiro atoms. The van der Waals surface area contributed by atoms with Crippen molar-refractivity contribution in [3.63, 3.8) is 0 Å². The maximum atomic E-state index is 2.77. The normalized spacial score (nSPS) is 33.6. The summed E-state index contributed by atoms with van der Waals surface area (Å²) in [6.45, 7) is 22.1. The van der Waals surface area contributed by atoms with Gasteiger partial charge in [-0.15, -0.1) is 0 Å². The van der Waals surface area contributed by atoms with E-state index in [1.165, 1.54) is 44.9 Å². The molecular formula is C28H52. The van der Waals surface area contributed by atoms with Gasteiger partial charge in [-0.2, -0.15) is 0 Å². The van der Waals surface area contributed by atoms with E-state index in [1.807, 2.05) is 0 Å². The van der Waals surface area contributed by atoms with Gasteiger partial charge in [0.05, 0.1) is 0 Å². The van der Waals surface area contributed by atoms with Gasteiger partial charge in [-0.1, -0.05) is 80.4 Å². The van der Waals surface area contributed by atoms with E-state index in [4.69, 9.17) is 0 Å². The quantitative estimate of drug-likeness (QED) is 0.346. The van der Waals surface area contributed by atoms with Crippen molar-refractivity contribution in [2.24, 2.45) is 59.2 Å². The fourth-order valence-electron chi connectivity index (χ4n) is 7.18. The molecule has 7 atom stereocenters. The molecule has 7 unspecified atom stereocenters. The van der Waals surface area contributed by atoms with Gasteiger partial charge >= 0.3 is 0 Å². The molecule has 0 nitrogen and oxygen atoms in total. The van der Waals surface area contributed by atoms with Crippen molar-refractivity contribution < 1.29 is 0 Å². The molecule has 0 amide bonds. The van der Waals surface area contributed by atoms with Gasteiger partial charge in [0, 0.05) is 0 Å². The second-order valence-electron chi connectivity index (χ2n) is 11.5. The molecule has 0 aliphatic heterocycles. The van der Waals surface area contributed by atoms with Crippen LogP contribution in [0.25, 0.3) is 0 Å². The Labute approximate surface area is 178 Å². The number of allylic oxidation sites excluding steroid dienone is 2. The van der Waals surface area contributed by atoms with Crippen molar-refractivity contribution in [2.45, 2.75) is 107 Å². The average Bonchev–Trinajstić information content (AvgIpc) is 3.07. The van der Waals surface area contributed by atoms with Crippen LogP contribution in [0.1, 0.15) is 107 Å². The maximum absolute atomic E-state index is 2.77. The molecule has 0 heteroatoms. The van der Waals surface area contributed by atoms with E-state index in [0.29, 0.717) is 0 Å². The largest absolute Gasteiger partial charge is 0.0819 e. The molecule has 0 aromatic rings. The van der Waals surface area contributed by atoms with E-state index in [-0.39, 0.29) is 0 Å².